The summed E-state index contributed by atoms with van der Waals surface area (Å²) in [5.74, 6) is -0.537. The van der Waals surface area contributed by atoms with Gasteiger partial charge in [-0.25, -0.2) is 13.1 Å². The van der Waals surface area contributed by atoms with E-state index in [9.17, 15) is 13.2 Å². The highest BCUT2D eigenvalue weighted by atomic mass is 32.2. The maximum atomic E-state index is 11.3. The molecule has 0 aliphatic rings. The van der Waals surface area contributed by atoms with Gasteiger partial charge in [0.15, 0.2) is 0 Å². The summed E-state index contributed by atoms with van der Waals surface area (Å²) >= 11 is 1.49. The van der Waals surface area contributed by atoms with Gasteiger partial charge < -0.3 is 5.11 Å². The van der Waals surface area contributed by atoms with Gasteiger partial charge >= 0.3 is 5.97 Å². The van der Waals surface area contributed by atoms with E-state index in [0.717, 1.165) is 0 Å². The number of sulfonamides is 1. The van der Waals surface area contributed by atoms with Crippen molar-refractivity contribution in [2.75, 3.05) is 17.8 Å². The number of thioether (sulfide) groups is 1. The van der Waals surface area contributed by atoms with E-state index in [0.29, 0.717) is 18.6 Å². The van der Waals surface area contributed by atoms with Crippen LogP contribution in [0.5, 0.6) is 0 Å². The van der Waals surface area contributed by atoms with Gasteiger partial charge in [-0.2, -0.15) is 11.8 Å². The summed E-state index contributed by atoms with van der Waals surface area (Å²) in [7, 11) is -3.45. The Bertz CT molecular complexity index is 289. The van der Waals surface area contributed by atoms with E-state index in [1.807, 2.05) is 6.26 Å². The van der Waals surface area contributed by atoms with Crippen molar-refractivity contribution in [2.45, 2.75) is 25.8 Å². The molecule has 0 fully saturated rings. The average molecular weight is 255 g/mol. The Morgan fingerprint density at radius 1 is 1.53 bits per heavy atom. The van der Waals surface area contributed by atoms with Crippen LogP contribution in [-0.4, -0.2) is 43.3 Å². The van der Waals surface area contributed by atoms with Crippen molar-refractivity contribution in [3.63, 3.8) is 0 Å². The molecule has 15 heavy (non-hydrogen) atoms. The van der Waals surface area contributed by atoms with E-state index in [4.69, 9.17) is 5.11 Å². The Kier molecular flexibility index (Phi) is 6.95. The molecule has 0 heterocycles. The minimum atomic E-state index is -3.45. The Morgan fingerprint density at radius 3 is 2.53 bits per heavy atom. The molecule has 0 amide bonds. The maximum Gasteiger partial charge on any atom is 0.321 e. The highest BCUT2D eigenvalue weighted by Gasteiger charge is 2.22. The largest absolute Gasteiger partial charge is 0.480 e. The van der Waals surface area contributed by atoms with E-state index in [2.05, 4.69) is 4.72 Å². The highest BCUT2D eigenvalue weighted by Crippen LogP contribution is 2.03. The van der Waals surface area contributed by atoms with Crippen LogP contribution in [0.15, 0.2) is 0 Å². The third kappa shape index (κ3) is 6.75. The Hall–Kier alpha value is -0.270. The number of carboxylic acids is 1. The molecule has 0 rings (SSSR count). The van der Waals surface area contributed by atoms with Crippen LogP contribution in [0.4, 0.5) is 0 Å². The fourth-order valence-electron chi connectivity index (χ4n) is 1.01. The second-order valence-corrected chi connectivity index (χ2v) is 5.97. The molecule has 0 spiro atoms. The van der Waals surface area contributed by atoms with Gasteiger partial charge in [-0.05, 0) is 24.9 Å². The molecule has 1 atom stereocenters. The fourth-order valence-corrected chi connectivity index (χ4v) is 2.79. The third-order valence-electron chi connectivity index (χ3n) is 1.70. The molecule has 0 aliphatic carbocycles. The van der Waals surface area contributed by atoms with Crippen LogP contribution in [0, 0.1) is 0 Å². The monoisotopic (exact) mass is 255 g/mol. The molecule has 0 saturated heterocycles. The lowest BCUT2D eigenvalue weighted by molar-refractivity contribution is -0.139. The number of nitrogens with one attached hydrogen (secondary N) is 1. The van der Waals surface area contributed by atoms with Crippen LogP contribution in [0.25, 0.3) is 0 Å². The molecule has 0 radical (unpaired) electrons. The third-order valence-corrected chi connectivity index (χ3v) is 3.94. The number of aliphatic carboxylic acids is 1. The van der Waals surface area contributed by atoms with Crippen LogP contribution < -0.4 is 4.72 Å². The molecule has 0 aromatic carbocycles. The lowest BCUT2D eigenvalue weighted by Crippen LogP contribution is -2.42. The number of hydrogen-bond donors (Lipinski definition) is 2. The van der Waals surface area contributed by atoms with Gasteiger partial charge in [0.25, 0.3) is 0 Å². The standard InChI is InChI=1S/C8H17NO4S2/c1-3-6-15(12,13)9-7(8(10)11)4-5-14-2/h7,9H,3-6H2,1-2H3,(H,10,11). The molecule has 5 nitrogen and oxygen atoms in total. The van der Waals surface area contributed by atoms with Crippen LogP contribution in [0.3, 0.4) is 0 Å². The molecule has 0 bridgehead atoms. The average Bonchev–Trinajstić information content (AvgIpc) is 2.11. The molecular formula is C8H17NO4S2. The first-order chi connectivity index (χ1) is 6.93. The fraction of sp³-hybridized carbons (Fsp3) is 0.875. The van der Waals surface area contributed by atoms with E-state index >= 15 is 0 Å². The summed E-state index contributed by atoms with van der Waals surface area (Å²) in [4.78, 5) is 10.8. The Labute approximate surface area is 94.7 Å². The van der Waals surface area contributed by atoms with E-state index in [-0.39, 0.29) is 5.75 Å². The Morgan fingerprint density at radius 2 is 2.13 bits per heavy atom. The summed E-state index contributed by atoms with van der Waals surface area (Å²) in [5, 5.41) is 8.80. The molecule has 2 N–H and O–H groups in total. The van der Waals surface area contributed by atoms with Crippen LogP contribution in [0.1, 0.15) is 19.8 Å². The highest BCUT2D eigenvalue weighted by molar-refractivity contribution is 7.98. The zero-order chi connectivity index (χ0) is 11.9. The zero-order valence-corrected chi connectivity index (χ0v) is 10.5. The van der Waals surface area contributed by atoms with Gasteiger partial charge in [0.1, 0.15) is 6.04 Å². The second-order valence-electron chi connectivity index (χ2n) is 3.11. The minimum absolute atomic E-state index is 0.0317. The molecule has 0 saturated carbocycles. The predicted molar refractivity (Wildman–Crippen MR) is 61.6 cm³/mol. The topological polar surface area (TPSA) is 83.5 Å². The van der Waals surface area contributed by atoms with Gasteiger partial charge in [-0.15, -0.1) is 0 Å². The van der Waals surface area contributed by atoms with Gasteiger partial charge in [0.2, 0.25) is 10.0 Å². The van der Waals surface area contributed by atoms with Crippen LogP contribution in [-0.2, 0) is 14.8 Å². The molecule has 0 aromatic heterocycles. The molecule has 0 aromatic rings. The second kappa shape index (κ2) is 7.08. The van der Waals surface area contributed by atoms with Crippen molar-refractivity contribution >= 4 is 27.8 Å². The molecule has 1 unspecified atom stereocenters. The Balaban J connectivity index is 4.34. The number of carboxylic acid groups (broad SMARTS) is 1. The lowest BCUT2D eigenvalue weighted by Gasteiger charge is -2.13. The summed E-state index contributed by atoms with van der Waals surface area (Å²) < 4.78 is 24.8. The predicted octanol–water partition coefficient (Wildman–Crippen LogP) is 0.522. The van der Waals surface area contributed by atoms with Crippen molar-refractivity contribution in [1.82, 2.24) is 4.72 Å². The van der Waals surface area contributed by atoms with E-state index < -0.39 is 22.0 Å². The molecular weight excluding hydrogens is 238 g/mol. The van der Waals surface area contributed by atoms with Crippen molar-refractivity contribution in [3.8, 4) is 0 Å². The minimum Gasteiger partial charge on any atom is -0.480 e. The number of hydrogen-bond acceptors (Lipinski definition) is 4. The SMILES string of the molecule is CCCS(=O)(=O)NC(CCSC)C(=O)O. The summed E-state index contributed by atoms with van der Waals surface area (Å²) in [6.45, 7) is 1.73. The number of rotatable bonds is 8. The molecule has 7 heteroatoms. The first-order valence-corrected chi connectivity index (χ1v) is 7.69. The summed E-state index contributed by atoms with van der Waals surface area (Å²) in [6.07, 6.45) is 2.63. The lowest BCUT2D eigenvalue weighted by atomic mass is 10.2. The number of carbonyl (C=O) groups is 1. The van der Waals surface area contributed by atoms with Gasteiger partial charge in [-0.1, -0.05) is 6.92 Å². The van der Waals surface area contributed by atoms with Crippen molar-refractivity contribution < 1.29 is 18.3 Å². The van der Waals surface area contributed by atoms with Gasteiger partial charge in [-0.3, -0.25) is 4.79 Å². The van der Waals surface area contributed by atoms with Crippen molar-refractivity contribution in [1.29, 1.82) is 0 Å². The van der Waals surface area contributed by atoms with Crippen LogP contribution >= 0.6 is 11.8 Å². The van der Waals surface area contributed by atoms with E-state index in [1.165, 1.54) is 11.8 Å². The molecule has 0 aliphatic heterocycles. The normalized spacial score (nSPS) is 13.7. The van der Waals surface area contributed by atoms with Crippen molar-refractivity contribution in [3.05, 3.63) is 0 Å². The first kappa shape index (κ1) is 14.7. The quantitative estimate of drug-likeness (QED) is 0.660. The van der Waals surface area contributed by atoms with E-state index in [1.54, 1.807) is 6.92 Å². The van der Waals surface area contributed by atoms with Gasteiger partial charge in [0, 0.05) is 0 Å². The zero-order valence-electron chi connectivity index (χ0n) is 8.89. The van der Waals surface area contributed by atoms with Crippen LogP contribution in [0.2, 0.25) is 0 Å². The smallest absolute Gasteiger partial charge is 0.321 e. The van der Waals surface area contributed by atoms with Crippen molar-refractivity contribution in [2.24, 2.45) is 0 Å². The first-order valence-electron chi connectivity index (χ1n) is 4.64. The maximum absolute atomic E-state index is 11.3. The van der Waals surface area contributed by atoms with Gasteiger partial charge in [0.05, 0.1) is 5.75 Å². The summed E-state index contributed by atoms with van der Waals surface area (Å²) in [5.41, 5.74) is 0. The molecule has 90 valence electrons. The summed E-state index contributed by atoms with van der Waals surface area (Å²) in [6, 6.07) is -1.01.